The highest BCUT2D eigenvalue weighted by molar-refractivity contribution is 5.95. The summed E-state index contributed by atoms with van der Waals surface area (Å²) in [4.78, 5) is 0. The Labute approximate surface area is 101 Å². The molecule has 2 rings (SSSR count). The van der Waals surface area contributed by atoms with Crippen molar-refractivity contribution in [1.29, 1.82) is 0 Å². The molecule has 0 bridgehead atoms. The molecular formula is C14H17FN2. The third kappa shape index (κ3) is 1.93. The molecule has 2 nitrogen and oxygen atoms in total. The number of halogens is 1. The Morgan fingerprint density at radius 1 is 1.41 bits per heavy atom. The zero-order chi connectivity index (χ0) is 12.3. The number of nitrogens with one attached hydrogen (secondary N) is 1. The average molecular weight is 232 g/mol. The summed E-state index contributed by atoms with van der Waals surface area (Å²) in [6, 6.07) is 8.13. The van der Waals surface area contributed by atoms with E-state index in [-0.39, 0.29) is 6.67 Å². The third-order valence-corrected chi connectivity index (χ3v) is 2.97. The van der Waals surface area contributed by atoms with Crippen LogP contribution in [0.25, 0.3) is 17.0 Å². The van der Waals surface area contributed by atoms with E-state index in [2.05, 4.69) is 28.6 Å². The Bertz CT molecular complexity index is 528. The van der Waals surface area contributed by atoms with Crippen LogP contribution >= 0.6 is 0 Å². The maximum atomic E-state index is 12.3. The third-order valence-electron chi connectivity index (χ3n) is 2.97. The molecule has 0 atom stereocenters. The molecule has 2 aromatic rings. The predicted octanol–water partition coefficient (Wildman–Crippen LogP) is 3.69. The first-order valence-corrected chi connectivity index (χ1v) is 5.80. The average Bonchev–Trinajstić information content (AvgIpc) is 2.69. The maximum Gasteiger partial charge on any atom is 0.114 e. The largest absolute Gasteiger partial charge is 0.374 e. The number of nitrogens with zero attached hydrogens (tertiary/aromatic N) is 1. The molecule has 1 N–H and O–H groups in total. The van der Waals surface area contributed by atoms with Gasteiger partial charge in [0.1, 0.15) is 5.82 Å². The molecule has 0 spiro atoms. The van der Waals surface area contributed by atoms with Crippen molar-refractivity contribution in [3.05, 3.63) is 36.4 Å². The van der Waals surface area contributed by atoms with Crippen molar-refractivity contribution in [2.24, 2.45) is 0 Å². The number of alkyl halides is 1. The maximum absolute atomic E-state index is 12.3. The minimum Gasteiger partial charge on any atom is -0.374 e. The van der Waals surface area contributed by atoms with Gasteiger partial charge in [-0.2, -0.15) is 0 Å². The highest BCUT2D eigenvalue weighted by Gasteiger charge is 2.12. The van der Waals surface area contributed by atoms with Crippen LogP contribution in [0.5, 0.6) is 0 Å². The zero-order valence-electron chi connectivity index (χ0n) is 10.0. The fourth-order valence-corrected chi connectivity index (χ4v) is 2.26. The van der Waals surface area contributed by atoms with Crippen LogP contribution in [-0.2, 0) is 6.54 Å². The molecule has 1 heterocycles. The van der Waals surface area contributed by atoms with Gasteiger partial charge in [0.05, 0.1) is 12.2 Å². The van der Waals surface area contributed by atoms with Gasteiger partial charge in [0, 0.05) is 24.5 Å². The van der Waals surface area contributed by atoms with E-state index in [0.717, 1.165) is 22.3 Å². The van der Waals surface area contributed by atoms with Gasteiger partial charge in [-0.1, -0.05) is 30.9 Å². The first-order chi connectivity index (χ1) is 8.33. The van der Waals surface area contributed by atoms with E-state index < -0.39 is 0 Å². The first-order valence-electron chi connectivity index (χ1n) is 5.80. The number of hydrogen-bond acceptors (Lipinski definition) is 1. The summed E-state index contributed by atoms with van der Waals surface area (Å²) in [5.41, 5.74) is 2.21. The molecule has 0 saturated carbocycles. The van der Waals surface area contributed by atoms with Crippen molar-refractivity contribution < 1.29 is 4.39 Å². The molecule has 0 aliphatic carbocycles. The summed E-state index contributed by atoms with van der Waals surface area (Å²) < 4.78 is 14.5. The Morgan fingerprint density at radius 2 is 2.18 bits per heavy atom. The molecule has 1 aromatic heterocycles. The summed E-state index contributed by atoms with van der Waals surface area (Å²) in [6.07, 6.45) is 2.38. The standard InChI is InChI=1S/C14H17FN2/c1-3-11-12-7-4-5-8-13(12)17(10-6-9-15)14(11)16-2/h3-5,7-8,16H,1,6,9-10H2,2H3. The molecule has 0 saturated heterocycles. The molecule has 0 aliphatic heterocycles. The van der Waals surface area contributed by atoms with Gasteiger partial charge in [0.2, 0.25) is 0 Å². The summed E-state index contributed by atoms with van der Waals surface area (Å²) in [5, 5.41) is 4.34. The quantitative estimate of drug-likeness (QED) is 0.832. The summed E-state index contributed by atoms with van der Waals surface area (Å²) in [6.45, 7) is 4.24. The number of rotatable bonds is 5. The summed E-state index contributed by atoms with van der Waals surface area (Å²) in [7, 11) is 1.88. The summed E-state index contributed by atoms with van der Waals surface area (Å²) >= 11 is 0. The van der Waals surface area contributed by atoms with Crippen LogP contribution in [0.2, 0.25) is 0 Å². The second-order valence-corrected chi connectivity index (χ2v) is 3.93. The van der Waals surface area contributed by atoms with Crippen LogP contribution in [-0.4, -0.2) is 18.3 Å². The van der Waals surface area contributed by atoms with E-state index in [4.69, 9.17) is 0 Å². The lowest BCUT2D eigenvalue weighted by Crippen LogP contribution is -2.04. The molecule has 90 valence electrons. The van der Waals surface area contributed by atoms with E-state index >= 15 is 0 Å². The molecule has 3 heteroatoms. The Hall–Kier alpha value is -1.77. The molecule has 17 heavy (non-hydrogen) atoms. The van der Waals surface area contributed by atoms with Crippen LogP contribution in [0.3, 0.4) is 0 Å². The van der Waals surface area contributed by atoms with Gasteiger partial charge in [0.25, 0.3) is 0 Å². The number of aromatic nitrogens is 1. The van der Waals surface area contributed by atoms with E-state index in [0.29, 0.717) is 13.0 Å². The van der Waals surface area contributed by atoms with Gasteiger partial charge in [-0.05, 0) is 12.5 Å². The van der Waals surface area contributed by atoms with E-state index in [1.807, 2.05) is 25.3 Å². The van der Waals surface area contributed by atoms with Gasteiger partial charge in [-0.25, -0.2) is 0 Å². The fraction of sp³-hybridized carbons (Fsp3) is 0.286. The van der Waals surface area contributed by atoms with E-state index in [1.165, 1.54) is 0 Å². The minimum absolute atomic E-state index is 0.293. The zero-order valence-corrected chi connectivity index (χ0v) is 10.0. The molecule has 0 amide bonds. The highest BCUT2D eigenvalue weighted by Crippen LogP contribution is 2.31. The van der Waals surface area contributed by atoms with Crippen molar-refractivity contribution in [2.75, 3.05) is 19.0 Å². The predicted molar refractivity (Wildman–Crippen MR) is 72.2 cm³/mol. The number of anilines is 1. The van der Waals surface area contributed by atoms with Crippen LogP contribution < -0.4 is 5.32 Å². The van der Waals surface area contributed by atoms with Crippen LogP contribution in [0.4, 0.5) is 10.2 Å². The Balaban J connectivity index is 2.65. The number of para-hydroxylation sites is 1. The van der Waals surface area contributed by atoms with Crippen LogP contribution in [0.1, 0.15) is 12.0 Å². The van der Waals surface area contributed by atoms with Crippen molar-refractivity contribution in [1.82, 2.24) is 4.57 Å². The van der Waals surface area contributed by atoms with Gasteiger partial charge in [-0.15, -0.1) is 0 Å². The Kier molecular flexibility index (Phi) is 3.47. The van der Waals surface area contributed by atoms with Crippen LogP contribution in [0, 0.1) is 0 Å². The first kappa shape index (κ1) is 11.7. The van der Waals surface area contributed by atoms with Gasteiger partial charge < -0.3 is 9.88 Å². The van der Waals surface area contributed by atoms with E-state index in [9.17, 15) is 4.39 Å². The molecule has 0 unspecified atom stereocenters. The van der Waals surface area contributed by atoms with Crippen molar-refractivity contribution in [3.8, 4) is 0 Å². The second kappa shape index (κ2) is 5.04. The monoisotopic (exact) mass is 232 g/mol. The SMILES string of the molecule is C=Cc1c(NC)n(CCCF)c2ccccc12. The number of hydrogen-bond donors (Lipinski definition) is 1. The number of aryl methyl sites for hydroxylation is 1. The van der Waals surface area contributed by atoms with Crippen LogP contribution in [0.15, 0.2) is 30.8 Å². The lowest BCUT2D eigenvalue weighted by Gasteiger charge is -2.09. The topological polar surface area (TPSA) is 17.0 Å². The van der Waals surface area contributed by atoms with Gasteiger partial charge in [-0.3, -0.25) is 4.39 Å². The smallest absolute Gasteiger partial charge is 0.114 e. The molecular weight excluding hydrogens is 215 g/mol. The number of fused-ring (bicyclic) bond motifs is 1. The lowest BCUT2D eigenvalue weighted by atomic mass is 10.1. The molecule has 0 radical (unpaired) electrons. The fourth-order valence-electron chi connectivity index (χ4n) is 2.26. The lowest BCUT2D eigenvalue weighted by molar-refractivity contribution is 0.451. The van der Waals surface area contributed by atoms with Crippen molar-refractivity contribution in [2.45, 2.75) is 13.0 Å². The molecule has 0 aliphatic rings. The second-order valence-electron chi connectivity index (χ2n) is 3.93. The van der Waals surface area contributed by atoms with E-state index in [1.54, 1.807) is 0 Å². The van der Waals surface area contributed by atoms with Gasteiger partial charge in [0.15, 0.2) is 0 Å². The Morgan fingerprint density at radius 3 is 2.82 bits per heavy atom. The normalized spacial score (nSPS) is 10.7. The van der Waals surface area contributed by atoms with Crippen molar-refractivity contribution in [3.63, 3.8) is 0 Å². The molecule has 0 fully saturated rings. The number of benzene rings is 1. The molecule has 1 aromatic carbocycles. The minimum atomic E-state index is -0.293. The summed E-state index contributed by atoms with van der Waals surface area (Å²) in [5.74, 6) is 1.01. The van der Waals surface area contributed by atoms with Crippen molar-refractivity contribution >= 4 is 22.8 Å². The van der Waals surface area contributed by atoms with Gasteiger partial charge >= 0.3 is 0 Å². The highest BCUT2D eigenvalue weighted by atomic mass is 19.1.